The van der Waals surface area contributed by atoms with Gasteiger partial charge < -0.3 is 5.32 Å². The number of hydrogen-bond donors (Lipinski definition) is 1. The van der Waals surface area contributed by atoms with Crippen LogP contribution in [0.4, 0.5) is 5.69 Å². The Bertz CT molecular complexity index is 288. The smallest absolute Gasteiger partial charge is 0.235 e. The molecule has 2 nitrogen and oxygen atoms in total. The number of para-hydroxylation sites is 1. The van der Waals surface area contributed by atoms with E-state index in [0.717, 1.165) is 10.2 Å². The Morgan fingerprint density at radius 3 is 2.67 bits per heavy atom. The second-order valence-electron chi connectivity index (χ2n) is 2.16. The second kappa shape index (κ2) is 4.62. The molecule has 12 heavy (non-hydrogen) atoms. The normalized spacial score (nSPS) is 9.50. The molecule has 0 unspecified atom stereocenters. The largest absolute Gasteiger partial charge is 0.324 e. The minimum absolute atomic E-state index is 0.0538. The Kier molecular flexibility index (Phi) is 3.75. The van der Waals surface area contributed by atoms with Crippen molar-refractivity contribution in [3.05, 3.63) is 28.7 Å². The van der Waals surface area contributed by atoms with Gasteiger partial charge in [0.2, 0.25) is 5.91 Å². The monoisotopic (exact) mass is 291 g/mol. The number of hydrogen-bond acceptors (Lipinski definition) is 1. The predicted molar refractivity (Wildman–Crippen MR) is 56.6 cm³/mol. The highest BCUT2D eigenvalue weighted by Gasteiger charge is 2.01. The number of benzene rings is 1. The number of anilines is 1. The topological polar surface area (TPSA) is 29.1 Å². The summed E-state index contributed by atoms with van der Waals surface area (Å²) >= 11 is 6.39. The number of carbonyl (C=O) groups excluding carboxylic acids is 1. The number of rotatable bonds is 2. The molecule has 1 aromatic carbocycles. The number of carbonyl (C=O) groups is 1. The number of alkyl halides is 1. The highest BCUT2D eigenvalue weighted by molar-refractivity contribution is 9.10. The minimum Gasteiger partial charge on any atom is -0.324 e. The Morgan fingerprint density at radius 2 is 2.08 bits per heavy atom. The van der Waals surface area contributed by atoms with Gasteiger partial charge in [0.05, 0.1) is 11.0 Å². The van der Waals surface area contributed by atoms with Gasteiger partial charge in [-0.15, -0.1) is 0 Å². The third kappa shape index (κ3) is 2.60. The molecule has 0 aliphatic carbocycles. The molecule has 64 valence electrons. The van der Waals surface area contributed by atoms with E-state index in [0.29, 0.717) is 5.33 Å². The van der Waals surface area contributed by atoms with Crippen LogP contribution >= 0.6 is 31.9 Å². The summed E-state index contributed by atoms with van der Waals surface area (Å²) in [5, 5.41) is 3.04. The van der Waals surface area contributed by atoms with E-state index in [1.54, 1.807) is 0 Å². The summed E-state index contributed by atoms with van der Waals surface area (Å²) in [6.07, 6.45) is 0. The van der Waals surface area contributed by atoms with Crippen molar-refractivity contribution in [3.63, 3.8) is 0 Å². The Labute approximate surface area is 87.6 Å². The molecule has 0 bridgehead atoms. The molecule has 0 saturated carbocycles. The summed E-state index contributed by atoms with van der Waals surface area (Å²) in [6.45, 7) is 0. The van der Waals surface area contributed by atoms with Crippen molar-refractivity contribution in [1.82, 2.24) is 0 Å². The molecule has 1 amide bonds. The van der Waals surface area contributed by atoms with Crippen molar-refractivity contribution in [2.45, 2.75) is 0 Å². The van der Waals surface area contributed by atoms with E-state index in [9.17, 15) is 4.79 Å². The number of amides is 1. The lowest BCUT2D eigenvalue weighted by molar-refractivity contribution is -0.113. The zero-order chi connectivity index (χ0) is 8.97. The van der Waals surface area contributed by atoms with Crippen LogP contribution in [0.25, 0.3) is 0 Å². The van der Waals surface area contributed by atoms with Crippen molar-refractivity contribution < 1.29 is 4.79 Å². The summed E-state index contributed by atoms with van der Waals surface area (Å²) in [4.78, 5) is 11.0. The SMILES string of the molecule is O=C(CBr)Nc1ccccc1Br. The highest BCUT2D eigenvalue weighted by atomic mass is 79.9. The maximum Gasteiger partial charge on any atom is 0.235 e. The van der Waals surface area contributed by atoms with Crippen molar-refractivity contribution in [3.8, 4) is 0 Å². The van der Waals surface area contributed by atoms with E-state index in [1.807, 2.05) is 24.3 Å². The predicted octanol–water partition coefficient (Wildman–Crippen LogP) is 2.78. The van der Waals surface area contributed by atoms with Gasteiger partial charge in [0.1, 0.15) is 0 Å². The van der Waals surface area contributed by atoms with E-state index < -0.39 is 0 Å². The third-order valence-electron chi connectivity index (χ3n) is 1.27. The Hall–Kier alpha value is -0.350. The van der Waals surface area contributed by atoms with E-state index in [2.05, 4.69) is 37.2 Å². The molecule has 0 fully saturated rings. The summed E-state index contributed by atoms with van der Waals surface area (Å²) < 4.78 is 0.888. The molecule has 0 heterocycles. The van der Waals surface area contributed by atoms with E-state index in [-0.39, 0.29) is 5.91 Å². The van der Waals surface area contributed by atoms with E-state index >= 15 is 0 Å². The molecule has 1 N–H and O–H groups in total. The first-order valence-electron chi connectivity index (χ1n) is 3.34. The number of halogens is 2. The molecule has 0 aliphatic heterocycles. The van der Waals surface area contributed by atoms with Gasteiger partial charge in [0.25, 0.3) is 0 Å². The molecular formula is C8H7Br2NO. The minimum atomic E-state index is -0.0538. The quantitative estimate of drug-likeness (QED) is 0.835. The van der Waals surface area contributed by atoms with Crippen LogP contribution in [-0.2, 0) is 4.79 Å². The van der Waals surface area contributed by atoms with Gasteiger partial charge in [0.15, 0.2) is 0 Å². The van der Waals surface area contributed by atoms with Gasteiger partial charge in [0, 0.05) is 4.47 Å². The fourth-order valence-corrected chi connectivity index (χ4v) is 1.27. The maximum atomic E-state index is 11.0. The van der Waals surface area contributed by atoms with E-state index in [4.69, 9.17) is 0 Å². The van der Waals surface area contributed by atoms with Crippen LogP contribution in [0.1, 0.15) is 0 Å². The van der Waals surface area contributed by atoms with Crippen LogP contribution in [0.15, 0.2) is 28.7 Å². The standard InChI is InChI=1S/C8H7Br2NO/c9-5-8(12)11-7-4-2-1-3-6(7)10/h1-4H,5H2,(H,11,12). The molecule has 0 aromatic heterocycles. The van der Waals surface area contributed by atoms with Crippen LogP contribution in [0.2, 0.25) is 0 Å². The van der Waals surface area contributed by atoms with Crippen LogP contribution in [0.3, 0.4) is 0 Å². The molecule has 0 saturated heterocycles. The van der Waals surface area contributed by atoms with Gasteiger partial charge in [-0.05, 0) is 28.1 Å². The first kappa shape index (κ1) is 9.74. The fraction of sp³-hybridized carbons (Fsp3) is 0.125. The van der Waals surface area contributed by atoms with E-state index in [1.165, 1.54) is 0 Å². The van der Waals surface area contributed by atoms with Gasteiger partial charge >= 0.3 is 0 Å². The molecular weight excluding hydrogens is 286 g/mol. The first-order valence-corrected chi connectivity index (χ1v) is 5.26. The molecule has 4 heteroatoms. The van der Waals surface area contributed by atoms with Gasteiger partial charge in [-0.2, -0.15) is 0 Å². The highest BCUT2D eigenvalue weighted by Crippen LogP contribution is 2.20. The summed E-state index contributed by atoms with van der Waals surface area (Å²) in [5.41, 5.74) is 0.793. The zero-order valence-electron chi connectivity index (χ0n) is 6.18. The average molecular weight is 293 g/mol. The van der Waals surface area contributed by atoms with Crippen molar-refractivity contribution in [2.75, 3.05) is 10.6 Å². The van der Waals surface area contributed by atoms with Crippen LogP contribution in [0.5, 0.6) is 0 Å². The lowest BCUT2D eigenvalue weighted by atomic mass is 10.3. The van der Waals surface area contributed by atoms with Gasteiger partial charge in [-0.1, -0.05) is 28.1 Å². The molecule has 0 atom stereocenters. The summed E-state index contributed by atoms with van der Waals surface area (Å²) in [5.74, 6) is -0.0538. The number of nitrogens with one attached hydrogen (secondary N) is 1. The maximum absolute atomic E-state index is 11.0. The zero-order valence-corrected chi connectivity index (χ0v) is 9.35. The molecule has 0 radical (unpaired) electrons. The summed E-state index contributed by atoms with van der Waals surface area (Å²) in [6, 6.07) is 7.48. The lowest BCUT2D eigenvalue weighted by Gasteiger charge is -2.03. The summed E-state index contributed by atoms with van der Waals surface area (Å²) in [7, 11) is 0. The van der Waals surface area contributed by atoms with Crippen LogP contribution < -0.4 is 5.32 Å². The fourth-order valence-electron chi connectivity index (χ4n) is 0.746. The first-order chi connectivity index (χ1) is 5.74. The Balaban J connectivity index is 2.75. The molecule has 1 aromatic rings. The van der Waals surface area contributed by atoms with Gasteiger partial charge in [-0.25, -0.2) is 0 Å². The van der Waals surface area contributed by atoms with Crippen LogP contribution in [0, 0.1) is 0 Å². The Morgan fingerprint density at radius 1 is 1.42 bits per heavy atom. The van der Waals surface area contributed by atoms with Crippen molar-refractivity contribution >= 4 is 43.5 Å². The molecule has 0 aliphatic rings. The third-order valence-corrected chi connectivity index (χ3v) is 2.47. The molecule has 1 rings (SSSR count). The van der Waals surface area contributed by atoms with Crippen LogP contribution in [-0.4, -0.2) is 11.2 Å². The van der Waals surface area contributed by atoms with Crippen molar-refractivity contribution in [1.29, 1.82) is 0 Å². The second-order valence-corrected chi connectivity index (χ2v) is 3.58. The van der Waals surface area contributed by atoms with Crippen molar-refractivity contribution in [2.24, 2.45) is 0 Å². The average Bonchev–Trinajstić information content (AvgIpc) is 2.09. The van der Waals surface area contributed by atoms with Gasteiger partial charge in [-0.3, -0.25) is 4.79 Å². The lowest BCUT2D eigenvalue weighted by Crippen LogP contribution is -2.12. The molecule has 0 spiro atoms.